The quantitative estimate of drug-likeness (QED) is 0.0758. The van der Waals surface area contributed by atoms with Gasteiger partial charge < -0.3 is 39.5 Å². The molecular formula is C39H64F2N8O8. The zero-order chi connectivity index (χ0) is 42.5. The summed E-state index contributed by atoms with van der Waals surface area (Å²) in [6.45, 7) is 19.3. The molecule has 1 spiro atoms. The smallest absolute Gasteiger partial charge is 0.325 e. The van der Waals surface area contributed by atoms with Gasteiger partial charge >= 0.3 is 12.0 Å². The number of piperidine rings is 1. The van der Waals surface area contributed by atoms with Gasteiger partial charge in [-0.25, -0.2) is 19.0 Å². The lowest BCUT2D eigenvalue weighted by molar-refractivity contribution is -0.161. The molecule has 3 rings (SSSR count). The minimum absolute atomic E-state index is 0.0114. The number of alkyl halides is 2. The molecule has 0 aromatic heterocycles. The number of morpholine rings is 1. The molecule has 3 aliphatic heterocycles. The van der Waals surface area contributed by atoms with Gasteiger partial charge in [0.1, 0.15) is 18.1 Å². The Balaban J connectivity index is 1.81. The van der Waals surface area contributed by atoms with Crippen molar-refractivity contribution in [1.29, 1.82) is 0 Å². The van der Waals surface area contributed by atoms with E-state index in [4.69, 9.17) is 14.2 Å². The Morgan fingerprint density at radius 3 is 2.37 bits per heavy atom. The van der Waals surface area contributed by atoms with E-state index in [2.05, 4.69) is 35.8 Å². The molecule has 4 atom stereocenters. The second-order valence-corrected chi connectivity index (χ2v) is 15.5. The topological polar surface area (TPSA) is 165 Å². The highest BCUT2D eigenvalue weighted by Gasteiger charge is 2.44. The van der Waals surface area contributed by atoms with Crippen LogP contribution in [0.3, 0.4) is 0 Å². The number of ether oxygens (including phenoxy) is 3. The van der Waals surface area contributed by atoms with E-state index in [-0.39, 0.29) is 50.1 Å². The zero-order valence-electron chi connectivity index (χ0n) is 34.5. The van der Waals surface area contributed by atoms with Crippen LogP contribution in [0.5, 0.6) is 0 Å². The van der Waals surface area contributed by atoms with Crippen LogP contribution in [-0.2, 0) is 33.4 Å². The number of hydrogen-bond donors (Lipinski definition) is 3. The summed E-state index contributed by atoms with van der Waals surface area (Å²) >= 11 is 0. The second kappa shape index (κ2) is 21.6. The van der Waals surface area contributed by atoms with Crippen molar-refractivity contribution in [3.8, 4) is 0 Å². The normalized spacial score (nSPS) is 20.0. The molecule has 0 aromatic carbocycles. The molecule has 3 aliphatic rings. The number of esters is 1. The van der Waals surface area contributed by atoms with E-state index in [0.717, 1.165) is 0 Å². The minimum atomic E-state index is -3.22. The monoisotopic (exact) mass is 810 g/mol. The van der Waals surface area contributed by atoms with Crippen molar-refractivity contribution in [2.75, 3.05) is 79.9 Å². The summed E-state index contributed by atoms with van der Waals surface area (Å²) in [4.78, 5) is 74.3. The number of likely N-dealkylation sites (tertiary alicyclic amines) is 1. The Morgan fingerprint density at radius 2 is 1.77 bits per heavy atom. The molecule has 0 aromatic rings. The van der Waals surface area contributed by atoms with Crippen LogP contribution in [0.25, 0.3) is 0 Å². The summed E-state index contributed by atoms with van der Waals surface area (Å²) in [7, 11) is 3.11. The molecule has 0 unspecified atom stereocenters. The molecule has 0 saturated carbocycles. The van der Waals surface area contributed by atoms with Crippen molar-refractivity contribution >= 4 is 29.7 Å². The van der Waals surface area contributed by atoms with E-state index in [1.807, 2.05) is 25.7 Å². The maximum absolute atomic E-state index is 14.3. The number of amides is 5. The van der Waals surface area contributed by atoms with Gasteiger partial charge in [0.05, 0.1) is 31.5 Å². The number of methoxy groups -OCH3 is 1. The van der Waals surface area contributed by atoms with Crippen molar-refractivity contribution < 1.29 is 47.0 Å². The Labute approximate surface area is 335 Å². The van der Waals surface area contributed by atoms with Gasteiger partial charge in [-0.05, 0) is 51.0 Å². The summed E-state index contributed by atoms with van der Waals surface area (Å²) in [6.07, 6.45) is 4.89. The van der Waals surface area contributed by atoms with Crippen molar-refractivity contribution in [2.45, 2.75) is 95.6 Å². The van der Waals surface area contributed by atoms with E-state index < -0.39 is 54.0 Å². The molecule has 0 bridgehead atoms. The third-order valence-corrected chi connectivity index (χ3v) is 10.6. The number of rotatable bonds is 19. The van der Waals surface area contributed by atoms with E-state index in [1.165, 1.54) is 16.0 Å². The average molecular weight is 811 g/mol. The molecule has 57 heavy (non-hydrogen) atoms. The fourth-order valence-corrected chi connectivity index (χ4v) is 7.15. The first-order valence-electron chi connectivity index (χ1n) is 19.6. The van der Waals surface area contributed by atoms with Gasteiger partial charge in [0, 0.05) is 66.0 Å². The predicted octanol–water partition coefficient (Wildman–Crippen LogP) is 2.09. The summed E-state index contributed by atoms with van der Waals surface area (Å²) in [5.41, 5.74) is 2.86. The Morgan fingerprint density at radius 1 is 1.09 bits per heavy atom. The number of hydrogen-bond acceptors (Lipinski definition) is 11. The standard InChI is InChI=1S/C39H64F2N8O8/c1-10-12-17-46(26-42-28(5)29(6)55-9)23-31(35(52)49-18-13-14-30(44-49)36(53)56-25-38(7,40)41)43-34(51)33(27(3)4)45(8)37(54)47-19-15-39(16-20-47)24-48(21-22-57-39)32(50)11-2/h10-11,27,29-31,33,42,44H,1-2,5,12-26H2,3-4,6-9H3,(H,43,51)/t29-,30-,31-,33-/m0/s1. The largest absolute Gasteiger partial charge is 0.458 e. The highest BCUT2D eigenvalue weighted by molar-refractivity contribution is 5.92. The highest BCUT2D eigenvalue weighted by atomic mass is 19.3. The van der Waals surface area contributed by atoms with Gasteiger partial charge in [-0.1, -0.05) is 33.1 Å². The fraction of sp³-hybridized carbons (Fsp3) is 0.718. The van der Waals surface area contributed by atoms with Crippen LogP contribution in [-0.4, -0.2) is 170 Å². The summed E-state index contributed by atoms with van der Waals surface area (Å²) < 4.78 is 43.2. The number of nitrogens with one attached hydrogen (secondary N) is 3. The predicted molar refractivity (Wildman–Crippen MR) is 209 cm³/mol. The minimum Gasteiger partial charge on any atom is -0.458 e. The molecule has 3 N–H and O–H groups in total. The molecule has 322 valence electrons. The van der Waals surface area contributed by atoms with Gasteiger partial charge in [-0.3, -0.25) is 29.1 Å². The number of carbonyl (C=O) groups excluding carboxylic acids is 5. The van der Waals surface area contributed by atoms with E-state index in [9.17, 15) is 32.8 Å². The van der Waals surface area contributed by atoms with Crippen LogP contribution in [0.4, 0.5) is 13.6 Å². The number of nitrogens with zero attached hydrogens (tertiary/aromatic N) is 5. The molecule has 3 fully saturated rings. The van der Waals surface area contributed by atoms with Gasteiger partial charge in [-0.15, -0.1) is 6.58 Å². The Kier molecular flexibility index (Phi) is 17.9. The number of likely N-dealkylation sites (N-methyl/N-ethyl adjacent to an activating group) is 1. The SMILES string of the molecule is C=CCCN(CNC(=C)[C@H](C)OC)C[C@H](NC(=O)[C@H](C(C)C)N(C)C(=O)N1CCC2(CC1)CN(C(=O)C=C)CCO2)C(=O)N1CCC[C@@H](C(=O)OCC(C)(F)F)N1. The van der Waals surface area contributed by atoms with Crippen molar-refractivity contribution in [3.63, 3.8) is 0 Å². The summed E-state index contributed by atoms with van der Waals surface area (Å²) in [6, 6.07) is -3.58. The lowest BCUT2D eigenvalue weighted by Crippen LogP contribution is -2.64. The van der Waals surface area contributed by atoms with Crippen molar-refractivity contribution in [2.24, 2.45) is 5.92 Å². The average Bonchev–Trinajstić information content (AvgIpc) is 3.19. The maximum atomic E-state index is 14.3. The first-order valence-corrected chi connectivity index (χ1v) is 19.6. The van der Waals surface area contributed by atoms with Gasteiger partial charge in [0.25, 0.3) is 11.8 Å². The highest BCUT2D eigenvalue weighted by Crippen LogP contribution is 2.31. The maximum Gasteiger partial charge on any atom is 0.325 e. The lowest BCUT2D eigenvalue weighted by atomic mass is 9.89. The van der Waals surface area contributed by atoms with Gasteiger partial charge in [0.2, 0.25) is 11.8 Å². The number of urea groups is 1. The number of carbonyl (C=O) groups is 5. The Bertz CT molecular complexity index is 1440. The molecule has 0 radical (unpaired) electrons. The van der Waals surface area contributed by atoms with Crippen molar-refractivity contribution in [3.05, 3.63) is 37.6 Å². The van der Waals surface area contributed by atoms with Crippen LogP contribution in [0.15, 0.2) is 37.6 Å². The zero-order valence-corrected chi connectivity index (χ0v) is 34.5. The van der Waals surface area contributed by atoms with Crippen molar-refractivity contribution in [1.82, 2.24) is 40.7 Å². The van der Waals surface area contributed by atoms with Crippen LogP contribution in [0, 0.1) is 5.92 Å². The first kappa shape index (κ1) is 47.2. The van der Waals surface area contributed by atoms with Crippen LogP contribution < -0.4 is 16.1 Å². The lowest BCUT2D eigenvalue weighted by Gasteiger charge is -2.47. The molecule has 5 amide bonds. The summed E-state index contributed by atoms with van der Waals surface area (Å²) in [5, 5.41) is 7.35. The third-order valence-electron chi connectivity index (χ3n) is 10.6. The molecule has 3 heterocycles. The van der Waals surface area contributed by atoms with Crippen LogP contribution in [0.1, 0.15) is 59.8 Å². The second-order valence-electron chi connectivity index (χ2n) is 15.5. The molecule has 18 heteroatoms. The molecule has 16 nitrogen and oxygen atoms in total. The van der Waals surface area contributed by atoms with Gasteiger partial charge in [-0.2, -0.15) is 0 Å². The van der Waals surface area contributed by atoms with Crippen LogP contribution in [0.2, 0.25) is 0 Å². The fourth-order valence-electron chi connectivity index (χ4n) is 7.15. The van der Waals surface area contributed by atoms with E-state index >= 15 is 0 Å². The molecule has 3 saturated heterocycles. The molecular weight excluding hydrogens is 746 g/mol. The van der Waals surface area contributed by atoms with E-state index in [1.54, 1.807) is 30.0 Å². The Hall–Kier alpha value is -4.13. The van der Waals surface area contributed by atoms with E-state index in [0.29, 0.717) is 77.6 Å². The molecule has 0 aliphatic carbocycles. The third kappa shape index (κ3) is 13.7. The van der Waals surface area contributed by atoms with Gasteiger partial charge in [0.15, 0.2) is 6.61 Å². The number of hydrazine groups is 1. The number of halogens is 2. The first-order chi connectivity index (χ1) is 26.8. The summed E-state index contributed by atoms with van der Waals surface area (Å²) in [5.74, 6) is -5.80. The van der Waals surface area contributed by atoms with Crippen LogP contribution >= 0.6 is 0 Å².